The molecule has 0 bridgehead atoms. The van der Waals surface area contributed by atoms with Crippen LogP contribution in [0.3, 0.4) is 0 Å². The zero-order chi connectivity index (χ0) is 12.3. The molecule has 2 rings (SSSR count). The minimum absolute atomic E-state index is 0. The van der Waals surface area contributed by atoms with Crippen molar-refractivity contribution >= 4 is 47.2 Å². The maximum absolute atomic E-state index is 11.8. The van der Waals surface area contributed by atoms with Crippen molar-refractivity contribution in [3.8, 4) is 0 Å². The minimum atomic E-state index is -0.276. The first-order chi connectivity index (χ1) is 8.16. The summed E-state index contributed by atoms with van der Waals surface area (Å²) < 4.78 is 0. The Kier molecular flexibility index (Phi) is 5.41. The van der Waals surface area contributed by atoms with Gasteiger partial charge in [0.15, 0.2) is 0 Å². The highest BCUT2D eigenvalue weighted by Crippen LogP contribution is 2.25. The molecular weight excluding hydrogens is 295 g/mol. The minimum Gasteiger partial charge on any atom is -0.321 e. The van der Waals surface area contributed by atoms with Gasteiger partial charge in [-0.25, -0.2) is 0 Å². The molecule has 0 aliphatic rings. The predicted molar refractivity (Wildman–Crippen MR) is 75.9 cm³/mol. The number of aromatic nitrogens is 1. The summed E-state index contributed by atoms with van der Waals surface area (Å²) in [5.41, 5.74) is 0.941. The van der Waals surface area contributed by atoms with E-state index in [0.29, 0.717) is 21.3 Å². The second-order valence-corrected chi connectivity index (χ2v) is 4.16. The molecule has 94 valence electrons. The Balaban J connectivity index is 0.00000162. The number of hydrogen-bond acceptors (Lipinski definition) is 2. The Morgan fingerprint density at radius 2 is 2.00 bits per heavy atom. The molecule has 0 saturated carbocycles. The average molecular weight is 304 g/mol. The first-order valence-electron chi connectivity index (χ1n) is 4.83. The zero-order valence-corrected chi connectivity index (χ0v) is 11.4. The molecule has 2 aromatic rings. The molecule has 1 amide bonds. The summed E-state index contributed by atoms with van der Waals surface area (Å²) in [6.45, 7) is 0. The molecule has 1 heterocycles. The Morgan fingerprint density at radius 1 is 1.22 bits per heavy atom. The van der Waals surface area contributed by atoms with Crippen LogP contribution in [0.25, 0.3) is 0 Å². The third-order valence-corrected chi connectivity index (χ3v) is 2.67. The number of nitrogens with one attached hydrogen (secondary N) is 1. The van der Waals surface area contributed by atoms with E-state index in [0.717, 1.165) is 0 Å². The molecule has 0 aliphatic carbocycles. The number of amides is 1. The van der Waals surface area contributed by atoms with Crippen molar-refractivity contribution in [2.75, 3.05) is 5.32 Å². The number of halogens is 3. The van der Waals surface area contributed by atoms with Gasteiger partial charge in [0, 0.05) is 17.4 Å². The van der Waals surface area contributed by atoms with Crippen LogP contribution in [0.5, 0.6) is 0 Å². The van der Waals surface area contributed by atoms with Gasteiger partial charge in [-0.05, 0) is 30.3 Å². The normalized spacial score (nSPS) is 9.44. The number of hydrogen-bond donors (Lipinski definition) is 1. The Hall–Kier alpha value is -1.29. The number of rotatable bonds is 2. The molecule has 0 spiro atoms. The van der Waals surface area contributed by atoms with Gasteiger partial charge in [0.25, 0.3) is 5.91 Å². The molecule has 18 heavy (non-hydrogen) atoms. The molecule has 0 radical (unpaired) electrons. The molecule has 0 unspecified atom stereocenters. The molecule has 0 saturated heterocycles. The third-order valence-electron chi connectivity index (χ3n) is 2.10. The van der Waals surface area contributed by atoms with Crippen molar-refractivity contribution in [3.05, 3.63) is 58.3 Å². The summed E-state index contributed by atoms with van der Waals surface area (Å²) >= 11 is 11.8. The number of carbonyl (C=O) groups is 1. The number of anilines is 1. The summed E-state index contributed by atoms with van der Waals surface area (Å²) in [6.07, 6.45) is 3.08. The Bertz CT molecular complexity index is 546. The highest BCUT2D eigenvalue weighted by Gasteiger charge is 2.08. The molecule has 0 aliphatic heterocycles. The fourth-order valence-electron chi connectivity index (χ4n) is 1.28. The van der Waals surface area contributed by atoms with Crippen LogP contribution in [0, 0.1) is 0 Å². The first-order valence-corrected chi connectivity index (χ1v) is 5.59. The Labute approximate surface area is 121 Å². The number of benzene rings is 1. The largest absolute Gasteiger partial charge is 0.321 e. The van der Waals surface area contributed by atoms with Crippen LogP contribution in [0.1, 0.15) is 10.4 Å². The van der Waals surface area contributed by atoms with E-state index in [1.165, 1.54) is 6.20 Å². The van der Waals surface area contributed by atoms with Gasteiger partial charge in [0.05, 0.1) is 16.3 Å². The molecule has 6 heteroatoms. The van der Waals surface area contributed by atoms with Crippen LogP contribution in [0.2, 0.25) is 10.0 Å². The van der Waals surface area contributed by atoms with Crippen LogP contribution in [-0.4, -0.2) is 10.9 Å². The van der Waals surface area contributed by atoms with E-state index < -0.39 is 0 Å². The monoisotopic (exact) mass is 302 g/mol. The van der Waals surface area contributed by atoms with Gasteiger partial charge < -0.3 is 5.32 Å². The van der Waals surface area contributed by atoms with Crippen LogP contribution in [0.4, 0.5) is 5.69 Å². The fraction of sp³-hybridized carbons (Fsp3) is 0. The number of pyridine rings is 1. The van der Waals surface area contributed by atoms with Crippen molar-refractivity contribution in [3.63, 3.8) is 0 Å². The SMILES string of the molecule is Cl.O=C(Nc1cc(Cl)ccc1Cl)c1cccnc1. The standard InChI is InChI=1S/C12H8Cl2N2O.ClH/c13-9-3-4-10(14)11(6-9)16-12(17)8-2-1-5-15-7-8;/h1-7H,(H,16,17);1H. The first kappa shape index (κ1) is 14.8. The smallest absolute Gasteiger partial charge is 0.257 e. The van der Waals surface area contributed by atoms with Crippen LogP contribution in [0.15, 0.2) is 42.7 Å². The van der Waals surface area contributed by atoms with Crippen molar-refractivity contribution < 1.29 is 4.79 Å². The van der Waals surface area contributed by atoms with Crippen molar-refractivity contribution in [1.29, 1.82) is 0 Å². The lowest BCUT2D eigenvalue weighted by Gasteiger charge is -2.07. The maximum atomic E-state index is 11.8. The van der Waals surface area contributed by atoms with Gasteiger partial charge in [-0.1, -0.05) is 23.2 Å². The van der Waals surface area contributed by atoms with Gasteiger partial charge >= 0.3 is 0 Å². The van der Waals surface area contributed by atoms with Gasteiger partial charge in [0.1, 0.15) is 0 Å². The van der Waals surface area contributed by atoms with E-state index in [1.807, 2.05) is 0 Å². The molecule has 1 aromatic carbocycles. The van der Waals surface area contributed by atoms with Gasteiger partial charge in [-0.3, -0.25) is 9.78 Å². The van der Waals surface area contributed by atoms with Crippen molar-refractivity contribution in [2.24, 2.45) is 0 Å². The van der Waals surface area contributed by atoms with E-state index in [-0.39, 0.29) is 18.3 Å². The van der Waals surface area contributed by atoms with E-state index in [2.05, 4.69) is 10.3 Å². The quantitative estimate of drug-likeness (QED) is 0.909. The fourth-order valence-corrected chi connectivity index (χ4v) is 1.62. The lowest BCUT2D eigenvalue weighted by atomic mass is 10.2. The molecule has 0 atom stereocenters. The molecule has 0 fully saturated rings. The highest BCUT2D eigenvalue weighted by molar-refractivity contribution is 6.35. The summed E-state index contributed by atoms with van der Waals surface area (Å²) in [7, 11) is 0. The van der Waals surface area contributed by atoms with E-state index in [1.54, 1.807) is 36.5 Å². The van der Waals surface area contributed by atoms with E-state index in [9.17, 15) is 4.79 Å². The van der Waals surface area contributed by atoms with Crippen LogP contribution >= 0.6 is 35.6 Å². The molecule has 1 N–H and O–H groups in total. The van der Waals surface area contributed by atoms with Crippen molar-refractivity contribution in [2.45, 2.75) is 0 Å². The average Bonchev–Trinajstić information content (AvgIpc) is 2.35. The summed E-state index contributed by atoms with van der Waals surface area (Å²) in [6, 6.07) is 8.24. The predicted octanol–water partition coefficient (Wildman–Crippen LogP) is 4.06. The molecular formula is C12H9Cl3N2O. The summed E-state index contributed by atoms with van der Waals surface area (Å²) in [5.74, 6) is -0.276. The van der Waals surface area contributed by atoms with Crippen LogP contribution in [-0.2, 0) is 0 Å². The van der Waals surface area contributed by atoms with E-state index >= 15 is 0 Å². The second-order valence-electron chi connectivity index (χ2n) is 3.32. The summed E-state index contributed by atoms with van der Waals surface area (Å²) in [5, 5.41) is 3.62. The molecule has 3 nitrogen and oxygen atoms in total. The van der Waals surface area contributed by atoms with Crippen molar-refractivity contribution in [1.82, 2.24) is 4.98 Å². The molecule has 1 aromatic heterocycles. The summed E-state index contributed by atoms with van der Waals surface area (Å²) in [4.78, 5) is 15.7. The third kappa shape index (κ3) is 3.60. The Morgan fingerprint density at radius 3 is 2.67 bits per heavy atom. The van der Waals surface area contributed by atoms with Gasteiger partial charge in [-0.2, -0.15) is 0 Å². The number of nitrogens with zero attached hydrogens (tertiary/aromatic N) is 1. The van der Waals surface area contributed by atoms with Crippen LogP contribution < -0.4 is 5.32 Å². The lowest BCUT2D eigenvalue weighted by Crippen LogP contribution is -2.12. The lowest BCUT2D eigenvalue weighted by molar-refractivity contribution is 0.102. The van der Waals surface area contributed by atoms with Gasteiger partial charge in [-0.15, -0.1) is 12.4 Å². The zero-order valence-electron chi connectivity index (χ0n) is 9.06. The highest BCUT2D eigenvalue weighted by atomic mass is 35.5. The maximum Gasteiger partial charge on any atom is 0.257 e. The van der Waals surface area contributed by atoms with E-state index in [4.69, 9.17) is 23.2 Å². The number of carbonyl (C=O) groups excluding carboxylic acids is 1. The topological polar surface area (TPSA) is 42.0 Å². The van der Waals surface area contributed by atoms with Gasteiger partial charge in [0.2, 0.25) is 0 Å². The second kappa shape index (κ2) is 6.59.